The van der Waals surface area contributed by atoms with Gasteiger partial charge in [0.15, 0.2) is 0 Å². The van der Waals surface area contributed by atoms with Crippen LogP contribution >= 0.6 is 38.9 Å². The molecule has 2 rings (SSSR count). The normalized spacial score (nSPS) is 10.4. The van der Waals surface area contributed by atoms with Crippen LogP contribution in [0, 0.1) is 0 Å². The Morgan fingerprint density at radius 1 is 1.44 bits per heavy atom. The van der Waals surface area contributed by atoms with Crippen molar-refractivity contribution < 1.29 is 4.79 Å². The number of thiophene rings is 1. The number of rotatable bonds is 3. The van der Waals surface area contributed by atoms with Crippen molar-refractivity contribution in [3.05, 3.63) is 55.6 Å². The molecule has 2 aromatic rings. The zero-order valence-electron chi connectivity index (χ0n) is 9.69. The van der Waals surface area contributed by atoms with Gasteiger partial charge in [-0.05, 0) is 29.6 Å². The van der Waals surface area contributed by atoms with Gasteiger partial charge in [-0.3, -0.25) is 4.79 Å². The van der Waals surface area contributed by atoms with Gasteiger partial charge in [0.1, 0.15) is 0 Å². The van der Waals surface area contributed by atoms with E-state index in [1.54, 1.807) is 35.4 Å². The van der Waals surface area contributed by atoms with E-state index in [0.717, 1.165) is 9.35 Å². The topological polar surface area (TPSA) is 20.3 Å². The highest BCUT2D eigenvalue weighted by Crippen LogP contribution is 2.23. The number of benzene rings is 1. The molecule has 18 heavy (non-hydrogen) atoms. The van der Waals surface area contributed by atoms with E-state index in [0.29, 0.717) is 17.1 Å². The van der Waals surface area contributed by atoms with Gasteiger partial charge in [-0.15, -0.1) is 11.3 Å². The van der Waals surface area contributed by atoms with Crippen molar-refractivity contribution in [3.8, 4) is 0 Å². The highest BCUT2D eigenvalue weighted by atomic mass is 79.9. The number of hydrogen-bond acceptors (Lipinski definition) is 2. The smallest absolute Gasteiger partial charge is 0.255 e. The van der Waals surface area contributed by atoms with Gasteiger partial charge in [0.2, 0.25) is 0 Å². The van der Waals surface area contributed by atoms with Crippen LogP contribution in [0.25, 0.3) is 0 Å². The van der Waals surface area contributed by atoms with Crippen LogP contribution in [0.5, 0.6) is 0 Å². The number of halogens is 2. The Balaban J connectivity index is 2.17. The van der Waals surface area contributed by atoms with E-state index in [4.69, 9.17) is 11.6 Å². The summed E-state index contributed by atoms with van der Waals surface area (Å²) in [6, 6.07) is 9.27. The minimum Gasteiger partial charge on any atom is -0.337 e. The summed E-state index contributed by atoms with van der Waals surface area (Å²) in [5.41, 5.74) is 0.519. The van der Waals surface area contributed by atoms with Crippen LogP contribution < -0.4 is 0 Å². The van der Waals surface area contributed by atoms with Gasteiger partial charge in [-0.2, -0.15) is 0 Å². The van der Waals surface area contributed by atoms with Crippen LogP contribution in [0.3, 0.4) is 0 Å². The minimum absolute atomic E-state index is 0.0744. The summed E-state index contributed by atoms with van der Waals surface area (Å²) in [6.45, 7) is 0.597. The van der Waals surface area contributed by atoms with Crippen molar-refractivity contribution in [1.82, 2.24) is 4.90 Å². The third-order valence-electron chi connectivity index (χ3n) is 2.48. The van der Waals surface area contributed by atoms with Crippen LogP contribution in [0.1, 0.15) is 15.2 Å². The van der Waals surface area contributed by atoms with E-state index in [1.165, 1.54) is 0 Å². The quantitative estimate of drug-likeness (QED) is 0.806. The maximum atomic E-state index is 12.3. The van der Waals surface area contributed by atoms with Crippen LogP contribution in [-0.4, -0.2) is 17.9 Å². The largest absolute Gasteiger partial charge is 0.337 e. The molecule has 0 saturated heterocycles. The Labute approximate surface area is 123 Å². The second-order valence-electron chi connectivity index (χ2n) is 3.86. The van der Waals surface area contributed by atoms with Crippen molar-refractivity contribution in [3.63, 3.8) is 0 Å². The lowest BCUT2D eigenvalue weighted by molar-refractivity contribution is 0.0786. The summed E-state index contributed by atoms with van der Waals surface area (Å²) in [4.78, 5) is 15.1. The Hall–Kier alpha value is -0.840. The molecule has 0 bridgehead atoms. The predicted molar refractivity (Wildman–Crippen MR) is 79.3 cm³/mol. The third kappa shape index (κ3) is 3.13. The number of hydrogen-bond donors (Lipinski definition) is 0. The molecule has 0 aliphatic heterocycles. The fourth-order valence-electron chi connectivity index (χ4n) is 1.58. The summed E-state index contributed by atoms with van der Waals surface area (Å²) < 4.78 is 0.847. The SMILES string of the molecule is CN(Cc1cccs1)C(=O)c1cc(Br)ccc1Cl. The maximum absolute atomic E-state index is 12.3. The molecule has 94 valence electrons. The Morgan fingerprint density at radius 3 is 2.89 bits per heavy atom. The van der Waals surface area contributed by atoms with E-state index in [1.807, 2.05) is 23.6 Å². The van der Waals surface area contributed by atoms with Crippen LogP contribution in [0.4, 0.5) is 0 Å². The lowest BCUT2D eigenvalue weighted by Crippen LogP contribution is -2.26. The molecule has 1 heterocycles. The average molecular weight is 345 g/mol. The summed E-state index contributed by atoms with van der Waals surface area (Å²) >= 11 is 11.0. The van der Waals surface area contributed by atoms with Crippen molar-refractivity contribution in [2.45, 2.75) is 6.54 Å². The van der Waals surface area contributed by atoms with Crippen LogP contribution in [0.2, 0.25) is 5.02 Å². The van der Waals surface area contributed by atoms with Gasteiger partial charge in [0, 0.05) is 16.4 Å². The molecule has 0 spiro atoms. The highest BCUT2D eigenvalue weighted by Gasteiger charge is 2.16. The first-order chi connectivity index (χ1) is 8.58. The molecule has 5 heteroatoms. The van der Waals surface area contributed by atoms with E-state index >= 15 is 0 Å². The van der Waals surface area contributed by atoms with Gasteiger partial charge < -0.3 is 4.90 Å². The maximum Gasteiger partial charge on any atom is 0.255 e. The molecule has 0 aliphatic rings. The Morgan fingerprint density at radius 2 is 2.22 bits per heavy atom. The lowest BCUT2D eigenvalue weighted by Gasteiger charge is -2.17. The van der Waals surface area contributed by atoms with E-state index < -0.39 is 0 Å². The fourth-order valence-corrected chi connectivity index (χ4v) is 2.89. The standard InChI is InChI=1S/C13H11BrClNOS/c1-16(8-10-3-2-6-18-10)13(17)11-7-9(14)4-5-12(11)15/h2-7H,8H2,1H3. The zero-order valence-corrected chi connectivity index (χ0v) is 12.8. The summed E-state index contributed by atoms with van der Waals surface area (Å²) in [5.74, 6) is -0.0744. The zero-order chi connectivity index (χ0) is 13.1. The average Bonchev–Trinajstić information content (AvgIpc) is 2.84. The second kappa shape index (κ2) is 5.87. The molecule has 1 amide bonds. The summed E-state index contributed by atoms with van der Waals surface area (Å²) in [7, 11) is 1.78. The number of carbonyl (C=O) groups is 1. The van der Waals surface area contributed by atoms with Crippen LogP contribution in [0.15, 0.2) is 40.2 Å². The molecule has 2 nitrogen and oxygen atoms in total. The molecule has 1 aromatic heterocycles. The van der Waals surface area contributed by atoms with Gasteiger partial charge >= 0.3 is 0 Å². The van der Waals surface area contributed by atoms with Crippen molar-refractivity contribution in [2.24, 2.45) is 0 Å². The van der Waals surface area contributed by atoms with E-state index in [9.17, 15) is 4.79 Å². The first kappa shape index (κ1) is 13.6. The molecule has 0 N–H and O–H groups in total. The minimum atomic E-state index is -0.0744. The predicted octanol–water partition coefficient (Wildman–Crippen LogP) is 4.44. The first-order valence-electron chi connectivity index (χ1n) is 5.31. The van der Waals surface area contributed by atoms with Crippen molar-refractivity contribution in [1.29, 1.82) is 0 Å². The molecule has 0 radical (unpaired) electrons. The Kier molecular flexibility index (Phi) is 4.43. The van der Waals surface area contributed by atoms with E-state index in [2.05, 4.69) is 15.9 Å². The van der Waals surface area contributed by atoms with Gasteiger partial charge in [-0.25, -0.2) is 0 Å². The number of amides is 1. The molecule has 0 aliphatic carbocycles. The third-order valence-corrected chi connectivity index (χ3v) is 4.16. The molecular formula is C13H11BrClNOS. The molecule has 0 unspecified atom stereocenters. The molecular weight excluding hydrogens is 334 g/mol. The highest BCUT2D eigenvalue weighted by molar-refractivity contribution is 9.10. The van der Waals surface area contributed by atoms with Crippen LogP contribution in [-0.2, 0) is 6.54 Å². The fraction of sp³-hybridized carbons (Fsp3) is 0.154. The summed E-state index contributed by atoms with van der Waals surface area (Å²) in [6.07, 6.45) is 0. The monoisotopic (exact) mass is 343 g/mol. The molecule has 1 aromatic carbocycles. The van der Waals surface area contributed by atoms with E-state index in [-0.39, 0.29) is 5.91 Å². The summed E-state index contributed by atoms with van der Waals surface area (Å²) in [5, 5.41) is 2.47. The van der Waals surface area contributed by atoms with Crippen molar-refractivity contribution >= 4 is 44.8 Å². The Bertz CT molecular complexity index is 556. The number of carbonyl (C=O) groups excluding carboxylic acids is 1. The first-order valence-corrected chi connectivity index (χ1v) is 7.36. The number of nitrogens with zero attached hydrogens (tertiary/aromatic N) is 1. The van der Waals surface area contributed by atoms with Gasteiger partial charge in [-0.1, -0.05) is 33.6 Å². The molecule has 0 saturated carbocycles. The molecule has 0 atom stereocenters. The van der Waals surface area contributed by atoms with Crippen molar-refractivity contribution in [2.75, 3.05) is 7.05 Å². The van der Waals surface area contributed by atoms with Gasteiger partial charge in [0.05, 0.1) is 17.1 Å². The van der Waals surface area contributed by atoms with Gasteiger partial charge in [0.25, 0.3) is 5.91 Å². The molecule has 0 fully saturated rings. The lowest BCUT2D eigenvalue weighted by atomic mass is 10.2. The second-order valence-corrected chi connectivity index (χ2v) is 6.22.